The van der Waals surface area contributed by atoms with E-state index in [1.165, 1.54) is 0 Å². The second-order valence-electron chi connectivity index (χ2n) is 9.18. The molecule has 2 aromatic rings. The van der Waals surface area contributed by atoms with Gasteiger partial charge in [0.1, 0.15) is 12.5 Å². The largest absolute Gasteiger partial charge is 0.417 e. The van der Waals surface area contributed by atoms with Gasteiger partial charge in [-0.25, -0.2) is 23.1 Å². The van der Waals surface area contributed by atoms with Gasteiger partial charge in [0, 0.05) is 31.6 Å². The van der Waals surface area contributed by atoms with Gasteiger partial charge in [0.25, 0.3) is 5.92 Å². The summed E-state index contributed by atoms with van der Waals surface area (Å²) >= 11 is 0. The molecule has 0 bridgehead atoms. The van der Waals surface area contributed by atoms with Gasteiger partial charge in [-0.1, -0.05) is 0 Å². The van der Waals surface area contributed by atoms with Crippen LogP contribution in [0.15, 0.2) is 24.7 Å². The van der Waals surface area contributed by atoms with Crippen molar-refractivity contribution in [2.75, 3.05) is 42.9 Å². The number of halogens is 7. The Morgan fingerprint density at radius 3 is 2.59 bits per heavy atom. The number of pyridine rings is 1. The van der Waals surface area contributed by atoms with Crippen molar-refractivity contribution in [2.24, 2.45) is 11.7 Å². The lowest BCUT2D eigenvalue weighted by Gasteiger charge is -2.34. The topological polar surface area (TPSA) is 100 Å². The number of aromatic nitrogens is 3. The minimum Gasteiger partial charge on any atom is -0.369 e. The predicted octanol–water partition coefficient (Wildman–Crippen LogP) is 3.17. The maximum atomic E-state index is 15.3. The molecule has 0 radical (unpaired) electrons. The lowest BCUT2D eigenvalue weighted by molar-refractivity contribution is -0.137. The van der Waals surface area contributed by atoms with Gasteiger partial charge in [-0.15, -0.1) is 0 Å². The highest BCUT2D eigenvalue weighted by Crippen LogP contribution is 2.44. The maximum Gasteiger partial charge on any atom is 0.417 e. The molecule has 2 aliphatic heterocycles. The van der Waals surface area contributed by atoms with Crippen LogP contribution in [0.1, 0.15) is 30.1 Å². The van der Waals surface area contributed by atoms with Gasteiger partial charge >= 0.3 is 6.18 Å². The number of nitrogens with two attached hydrogens (primary N) is 1. The summed E-state index contributed by atoms with van der Waals surface area (Å²) in [5, 5.41) is 2.70. The minimum absolute atomic E-state index is 0.0149. The standard InChI is InChI=1S/C22H24F7N7O/c23-14-8-35(9-17(30)37)4-3-12(14)6-32-19-18(24)20(34-11-33-19)36-10-21(25,26)5-16(36)15-2-1-13(7-31-15)22(27,28)29/h1-2,7,11-12,14,16H,3-6,8-10H2,(H2,30,37)(H,32,33,34). The average Bonchev–Trinajstić information content (AvgIpc) is 3.13. The summed E-state index contributed by atoms with van der Waals surface area (Å²) in [6.07, 6.45) is -4.92. The van der Waals surface area contributed by atoms with Gasteiger partial charge < -0.3 is 16.0 Å². The number of carbonyl (C=O) groups excluding carboxylic acids is 1. The summed E-state index contributed by atoms with van der Waals surface area (Å²) in [5.41, 5.74) is 4.00. The van der Waals surface area contributed by atoms with Gasteiger partial charge in [-0.2, -0.15) is 17.6 Å². The second-order valence-corrected chi connectivity index (χ2v) is 9.18. The molecule has 0 aromatic carbocycles. The monoisotopic (exact) mass is 535 g/mol. The number of carbonyl (C=O) groups is 1. The molecule has 2 saturated heterocycles. The third-order valence-electron chi connectivity index (χ3n) is 6.44. The molecule has 3 unspecified atom stereocenters. The van der Waals surface area contributed by atoms with E-state index in [4.69, 9.17) is 5.73 Å². The molecular formula is C22H24F7N7O. The number of nitrogens with one attached hydrogen (secondary N) is 1. The molecule has 1 amide bonds. The fourth-order valence-corrected chi connectivity index (χ4v) is 4.60. The van der Waals surface area contributed by atoms with Crippen LogP contribution in [0.2, 0.25) is 0 Å². The third kappa shape index (κ3) is 6.19. The zero-order chi connectivity index (χ0) is 27.0. The number of anilines is 2. The van der Waals surface area contributed by atoms with E-state index in [2.05, 4.69) is 20.3 Å². The van der Waals surface area contributed by atoms with Crippen molar-refractivity contribution in [3.63, 3.8) is 0 Å². The number of alkyl halides is 6. The van der Waals surface area contributed by atoms with Gasteiger partial charge in [0.15, 0.2) is 11.6 Å². The van der Waals surface area contributed by atoms with E-state index < -0.39 is 66.3 Å². The lowest BCUT2D eigenvalue weighted by Crippen LogP contribution is -2.46. The molecule has 8 nitrogen and oxygen atoms in total. The highest BCUT2D eigenvalue weighted by molar-refractivity contribution is 5.75. The average molecular weight is 535 g/mol. The number of likely N-dealkylation sites (tertiary alicyclic amines) is 1. The van der Waals surface area contributed by atoms with Crippen LogP contribution in [0, 0.1) is 11.7 Å². The van der Waals surface area contributed by atoms with E-state index in [-0.39, 0.29) is 31.1 Å². The van der Waals surface area contributed by atoms with E-state index in [9.17, 15) is 31.1 Å². The maximum absolute atomic E-state index is 15.3. The number of hydrogen-bond acceptors (Lipinski definition) is 7. The molecule has 4 heterocycles. The van der Waals surface area contributed by atoms with Gasteiger partial charge in [0.2, 0.25) is 11.7 Å². The SMILES string of the molecule is NC(=O)CN1CCC(CNc2ncnc(N3CC(F)(F)CC3c3ccc(C(F)(F)F)cn3)c2F)C(F)C1. The highest BCUT2D eigenvalue weighted by Gasteiger charge is 2.48. The van der Waals surface area contributed by atoms with Gasteiger partial charge in [-0.3, -0.25) is 14.7 Å². The Bertz CT molecular complexity index is 1120. The molecule has 202 valence electrons. The molecule has 2 aliphatic rings. The Kier molecular flexibility index (Phi) is 7.44. The Morgan fingerprint density at radius 1 is 1.22 bits per heavy atom. The number of primary amides is 1. The van der Waals surface area contributed by atoms with E-state index >= 15 is 4.39 Å². The number of amides is 1. The summed E-state index contributed by atoms with van der Waals surface area (Å²) in [4.78, 5) is 24.9. The molecule has 3 atom stereocenters. The predicted molar refractivity (Wildman–Crippen MR) is 118 cm³/mol. The fourth-order valence-electron chi connectivity index (χ4n) is 4.60. The number of hydrogen-bond donors (Lipinski definition) is 2. The van der Waals surface area contributed by atoms with Crippen LogP contribution in [-0.2, 0) is 11.0 Å². The normalized spacial score (nSPS) is 24.3. The van der Waals surface area contributed by atoms with Crippen LogP contribution in [0.5, 0.6) is 0 Å². The molecule has 2 fully saturated rings. The van der Waals surface area contributed by atoms with E-state index in [0.29, 0.717) is 19.2 Å². The van der Waals surface area contributed by atoms with E-state index in [1.54, 1.807) is 4.90 Å². The Morgan fingerprint density at radius 2 is 1.97 bits per heavy atom. The van der Waals surface area contributed by atoms with Crippen molar-refractivity contribution in [1.29, 1.82) is 0 Å². The summed E-state index contributed by atoms with van der Waals surface area (Å²) in [6.45, 7) is -0.618. The minimum atomic E-state index is -4.65. The highest BCUT2D eigenvalue weighted by atomic mass is 19.4. The smallest absolute Gasteiger partial charge is 0.369 e. The number of piperidine rings is 1. The summed E-state index contributed by atoms with van der Waals surface area (Å²) in [6, 6.07) is 0.466. The molecule has 0 spiro atoms. The van der Waals surface area contributed by atoms with Gasteiger partial charge in [-0.05, 0) is 25.1 Å². The third-order valence-corrected chi connectivity index (χ3v) is 6.44. The molecule has 3 N–H and O–H groups in total. The van der Waals surface area contributed by atoms with Crippen LogP contribution in [0.25, 0.3) is 0 Å². The van der Waals surface area contributed by atoms with Crippen LogP contribution in [-0.4, -0.2) is 70.6 Å². The first kappa shape index (κ1) is 26.8. The van der Waals surface area contributed by atoms with Crippen molar-refractivity contribution in [3.05, 3.63) is 41.7 Å². The Labute approximate surface area is 207 Å². The van der Waals surface area contributed by atoms with Crippen molar-refractivity contribution < 1.29 is 35.5 Å². The summed E-state index contributed by atoms with van der Waals surface area (Å²) in [5.74, 6) is -6.24. The Hall–Kier alpha value is -3.23. The second kappa shape index (κ2) is 10.3. The number of rotatable bonds is 7. The molecule has 2 aromatic heterocycles. The molecule has 15 heteroatoms. The van der Waals surface area contributed by atoms with E-state index in [1.807, 2.05) is 0 Å². The quantitative estimate of drug-likeness (QED) is 0.526. The molecule has 4 rings (SSSR count). The van der Waals surface area contributed by atoms with Crippen molar-refractivity contribution >= 4 is 17.5 Å². The first-order valence-electron chi connectivity index (χ1n) is 11.4. The van der Waals surface area contributed by atoms with Crippen LogP contribution in [0.4, 0.5) is 42.4 Å². The zero-order valence-corrected chi connectivity index (χ0v) is 19.4. The molecule has 0 saturated carbocycles. The van der Waals surface area contributed by atoms with Crippen molar-refractivity contribution in [1.82, 2.24) is 19.9 Å². The van der Waals surface area contributed by atoms with Crippen molar-refractivity contribution in [2.45, 2.75) is 37.2 Å². The van der Waals surface area contributed by atoms with Crippen molar-refractivity contribution in [3.8, 4) is 0 Å². The zero-order valence-electron chi connectivity index (χ0n) is 19.4. The Balaban J connectivity index is 1.50. The number of nitrogens with zero attached hydrogens (tertiary/aromatic N) is 5. The van der Waals surface area contributed by atoms with Crippen LogP contribution >= 0.6 is 0 Å². The molecule has 37 heavy (non-hydrogen) atoms. The fraction of sp³-hybridized carbons (Fsp3) is 0.545. The molecule has 0 aliphatic carbocycles. The first-order valence-corrected chi connectivity index (χ1v) is 11.4. The lowest BCUT2D eigenvalue weighted by atomic mass is 9.95. The van der Waals surface area contributed by atoms with Crippen LogP contribution in [0.3, 0.4) is 0 Å². The summed E-state index contributed by atoms with van der Waals surface area (Å²) < 4.78 is 97.2. The van der Waals surface area contributed by atoms with Crippen LogP contribution < -0.4 is 16.0 Å². The van der Waals surface area contributed by atoms with E-state index in [0.717, 1.165) is 23.4 Å². The molecular weight excluding hydrogens is 511 g/mol. The van der Waals surface area contributed by atoms with Gasteiger partial charge in [0.05, 0.1) is 30.4 Å². The summed E-state index contributed by atoms with van der Waals surface area (Å²) in [7, 11) is 0. The first-order chi connectivity index (χ1) is 17.3.